The first kappa shape index (κ1) is 16.9. The Morgan fingerprint density at radius 3 is 2.45 bits per heavy atom. The number of benzene rings is 2. The van der Waals surface area contributed by atoms with Crippen molar-refractivity contribution in [3.63, 3.8) is 0 Å². The van der Waals surface area contributed by atoms with Gasteiger partial charge in [0.1, 0.15) is 5.75 Å². The molecule has 0 unspecified atom stereocenters. The Morgan fingerprint density at radius 1 is 1.09 bits per heavy atom. The molecule has 0 aromatic heterocycles. The molecule has 1 N–H and O–H groups in total. The van der Waals surface area contributed by atoms with Crippen LogP contribution in [-0.4, -0.2) is 12.0 Å². The van der Waals surface area contributed by atoms with E-state index in [9.17, 15) is 4.79 Å². The number of anilines is 1. The Labute approximate surface area is 144 Å². The second-order valence-electron chi connectivity index (χ2n) is 4.54. The second kappa shape index (κ2) is 7.73. The smallest absolute Gasteiger partial charge is 0.265 e. The topological polar surface area (TPSA) is 38.3 Å². The molecule has 3 nitrogen and oxygen atoms in total. The molecule has 0 aliphatic rings. The Bertz CT molecular complexity index is 676. The highest BCUT2D eigenvalue weighted by molar-refractivity contribution is 6.44. The van der Waals surface area contributed by atoms with E-state index in [1.165, 1.54) is 0 Å². The first-order valence-electron chi connectivity index (χ1n) is 6.69. The molecule has 2 aromatic rings. The third-order valence-electron chi connectivity index (χ3n) is 2.98. The largest absolute Gasteiger partial charge is 0.479 e. The van der Waals surface area contributed by atoms with Crippen molar-refractivity contribution in [3.05, 3.63) is 57.5 Å². The minimum Gasteiger partial charge on any atom is -0.479 e. The summed E-state index contributed by atoms with van der Waals surface area (Å²) in [6.45, 7) is 1.85. The van der Waals surface area contributed by atoms with Gasteiger partial charge in [-0.25, -0.2) is 0 Å². The molecule has 0 fully saturated rings. The molecule has 0 saturated heterocycles. The average Bonchev–Trinajstić information content (AvgIpc) is 2.51. The van der Waals surface area contributed by atoms with E-state index in [4.69, 9.17) is 39.5 Å². The number of rotatable bonds is 5. The summed E-state index contributed by atoms with van der Waals surface area (Å²) in [5, 5.41) is 3.84. The highest BCUT2D eigenvalue weighted by Crippen LogP contribution is 2.30. The van der Waals surface area contributed by atoms with Gasteiger partial charge in [-0.1, -0.05) is 59.9 Å². The number of hydrogen-bond acceptors (Lipinski definition) is 2. The van der Waals surface area contributed by atoms with Crippen LogP contribution >= 0.6 is 34.8 Å². The van der Waals surface area contributed by atoms with Gasteiger partial charge in [-0.3, -0.25) is 4.79 Å². The maximum Gasteiger partial charge on any atom is 0.265 e. The Hall–Kier alpha value is -1.42. The van der Waals surface area contributed by atoms with Crippen molar-refractivity contribution in [1.82, 2.24) is 0 Å². The van der Waals surface area contributed by atoms with Crippen LogP contribution in [0.4, 0.5) is 5.69 Å². The number of carbonyl (C=O) groups is 1. The number of nitrogens with one attached hydrogen (secondary N) is 1. The summed E-state index contributed by atoms with van der Waals surface area (Å²) in [6, 6.07) is 12.0. The van der Waals surface area contributed by atoms with Crippen LogP contribution in [0.15, 0.2) is 42.5 Å². The highest BCUT2D eigenvalue weighted by atomic mass is 35.5. The van der Waals surface area contributed by atoms with E-state index in [0.717, 1.165) is 0 Å². The quantitative estimate of drug-likeness (QED) is 0.772. The molecule has 0 spiro atoms. The molecule has 2 aromatic carbocycles. The van der Waals surface area contributed by atoms with Crippen molar-refractivity contribution >= 4 is 46.4 Å². The lowest BCUT2D eigenvalue weighted by Crippen LogP contribution is -2.32. The predicted molar refractivity (Wildman–Crippen MR) is 91.3 cm³/mol. The molecular formula is C16H14Cl3NO2. The maximum absolute atomic E-state index is 12.3. The van der Waals surface area contributed by atoms with Gasteiger partial charge in [0.15, 0.2) is 6.10 Å². The Kier molecular flexibility index (Phi) is 5.95. The minimum absolute atomic E-state index is 0.296. The third kappa shape index (κ3) is 4.07. The molecule has 0 aliphatic carbocycles. The van der Waals surface area contributed by atoms with E-state index in [2.05, 4.69) is 5.32 Å². The van der Waals surface area contributed by atoms with Crippen molar-refractivity contribution in [2.24, 2.45) is 0 Å². The number of amides is 1. The molecule has 1 atom stereocenters. The number of carbonyl (C=O) groups excluding carboxylic acids is 1. The van der Waals surface area contributed by atoms with Gasteiger partial charge in [-0.15, -0.1) is 0 Å². The number of halogens is 3. The van der Waals surface area contributed by atoms with E-state index in [0.29, 0.717) is 32.9 Å². The summed E-state index contributed by atoms with van der Waals surface area (Å²) in [5.74, 6) is 0.148. The van der Waals surface area contributed by atoms with Crippen molar-refractivity contribution in [2.75, 3.05) is 5.32 Å². The van der Waals surface area contributed by atoms with Crippen LogP contribution in [-0.2, 0) is 4.79 Å². The first-order chi connectivity index (χ1) is 10.5. The summed E-state index contributed by atoms with van der Waals surface area (Å²) in [6.07, 6.45) is -0.204. The lowest BCUT2D eigenvalue weighted by molar-refractivity contribution is -0.122. The predicted octanol–water partition coefficient (Wildman–Crippen LogP) is 5.44. The van der Waals surface area contributed by atoms with E-state index < -0.39 is 6.10 Å². The summed E-state index contributed by atoms with van der Waals surface area (Å²) >= 11 is 18.0. The van der Waals surface area contributed by atoms with Gasteiger partial charge in [0.05, 0.1) is 20.8 Å². The van der Waals surface area contributed by atoms with Gasteiger partial charge >= 0.3 is 0 Å². The van der Waals surface area contributed by atoms with Crippen molar-refractivity contribution in [1.29, 1.82) is 0 Å². The van der Waals surface area contributed by atoms with Gasteiger partial charge in [-0.05, 0) is 30.7 Å². The molecule has 0 saturated carbocycles. The maximum atomic E-state index is 12.3. The number of hydrogen-bond donors (Lipinski definition) is 1. The van der Waals surface area contributed by atoms with Crippen LogP contribution in [0.25, 0.3) is 0 Å². The van der Waals surface area contributed by atoms with E-state index in [1.54, 1.807) is 42.5 Å². The molecule has 116 valence electrons. The Morgan fingerprint density at radius 2 is 1.77 bits per heavy atom. The fourth-order valence-corrected chi connectivity index (χ4v) is 2.36. The van der Waals surface area contributed by atoms with Crippen molar-refractivity contribution in [3.8, 4) is 5.75 Å². The van der Waals surface area contributed by atoms with Gasteiger partial charge < -0.3 is 10.1 Å². The highest BCUT2D eigenvalue weighted by Gasteiger charge is 2.20. The molecule has 6 heteroatoms. The molecule has 22 heavy (non-hydrogen) atoms. The van der Waals surface area contributed by atoms with Crippen LogP contribution in [0.2, 0.25) is 15.1 Å². The van der Waals surface area contributed by atoms with Gasteiger partial charge in [0.25, 0.3) is 5.91 Å². The van der Waals surface area contributed by atoms with Crippen LogP contribution in [0.1, 0.15) is 13.3 Å². The molecule has 0 bridgehead atoms. The Balaban J connectivity index is 2.12. The summed E-state index contributed by atoms with van der Waals surface area (Å²) in [5.41, 5.74) is 0.445. The fraction of sp³-hybridized carbons (Fsp3) is 0.188. The normalized spacial score (nSPS) is 11.8. The van der Waals surface area contributed by atoms with Crippen molar-refractivity contribution < 1.29 is 9.53 Å². The third-order valence-corrected chi connectivity index (χ3v) is 4.11. The monoisotopic (exact) mass is 357 g/mol. The summed E-state index contributed by atoms with van der Waals surface area (Å²) in [7, 11) is 0. The fourth-order valence-electron chi connectivity index (χ4n) is 1.83. The van der Waals surface area contributed by atoms with Crippen LogP contribution in [0.5, 0.6) is 5.75 Å². The summed E-state index contributed by atoms with van der Waals surface area (Å²) in [4.78, 5) is 12.3. The van der Waals surface area contributed by atoms with E-state index in [1.807, 2.05) is 6.92 Å². The lowest BCUT2D eigenvalue weighted by atomic mass is 10.2. The van der Waals surface area contributed by atoms with Crippen LogP contribution in [0.3, 0.4) is 0 Å². The number of ether oxygens (including phenoxy) is 1. The van der Waals surface area contributed by atoms with Crippen LogP contribution in [0, 0.1) is 0 Å². The number of para-hydroxylation sites is 1. The zero-order chi connectivity index (χ0) is 16.1. The van der Waals surface area contributed by atoms with E-state index >= 15 is 0 Å². The van der Waals surface area contributed by atoms with Gasteiger partial charge in [0, 0.05) is 0 Å². The zero-order valence-electron chi connectivity index (χ0n) is 11.8. The molecule has 0 radical (unpaired) electrons. The summed E-state index contributed by atoms with van der Waals surface area (Å²) < 4.78 is 5.68. The minimum atomic E-state index is -0.685. The van der Waals surface area contributed by atoms with Gasteiger partial charge in [-0.2, -0.15) is 0 Å². The second-order valence-corrected chi connectivity index (χ2v) is 5.73. The molecular weight excluding hydrogens is 345 g/mol. The SMILES string of the molecule is CC[C@@H](Oc1ccccc1Cl)C(=O)Nc1cccc(Cl)c1Cl. The first-order valence-corrected chi connectivity index (χ1v) is 7.82. The van der Waals surface area contributed by atoms with Crippen LogP contribution < -0.4 is 10.1 Å². The molecule has 0 aliphatic heterocycles. The van der Waals surface area contributed by atoms with Crippen molar-refractivity contribution in [2.45, 2.75) is 19.4 Å². The zero-order valence-corrected chi connectivity index (χ0v) is 14.0. The lowest BCUT2D eigenvalue weighted by Gasteiger charge is -2.18. The molecule has 0 heterocycles. The van der Waals surface area contributed by atoms with Gasteiger partial charge in [0.2, 0.25) is 0 Å². The molecule has 1 amide bonds. The standard InChI is InChI=1S/C16H14Cl3NO2/c1-2-13(22-14-9-4-3-6-10(14)17)16(21)20-12-8-5-7-11(18)15(12)19/h3-9,13H,2H2,1H3,(H,20,21)/t13-/m1/s1. The average molecular weight is 359 g/mol. The van der Waals surface area contributed by atoms with E-state index in [-0.39, 0.29) is 5.91 Å². The molecule has 2 rings (SSSR count).